The first-order chi connectivity index (χ1) is 12.7. The minimum Gasteiger partial charge on any atom is -0.479 e. The van der Waals surface area contributed by atoms with Crippen molar-refractivity contribution in [1.29, 1.82) is 0 Å². The zero-order valence-corrected chi connectivity index (χ0v) is 15.3. The van der Waals surface area contributed by atoms with Gasteiger partial charge in [-0.3, -0.25) is 4.68 Å². The molecule has 0 aliphatic heterocycles. The lowest BCUT2D eigenvalue weighted by molar-refractivity contribution is 0.398. The van der Waals surface area contributed by atoms with Crippen LogP contribution in [-0.2, 0) is 6.54 Å². The molecule has 3 heterocycles. The van der Waals surface area contributed by atoms with Crippen LogP contribution < -0.4 is 4.74 Å². The predicted molar refractivity (Wildman–Crippen MR) is 101 cm³/mol. The summed E-state index contributed by atoms with van der Waals surface area (Å²) in [6.07, 6.45) is 5.25. The van der Waals surface area contributed by atoms with Gasteiger partial charge in [-0.15, -0.1) is 11.3 Å². The van der Waals surface area contributed by atoms with Gasteiger partial charge >= 0.3 is 0 Å². The summed E-state index contributed by atoms with van der Waals surface area (Å²) in [5, 5.41) is 7.81. The van der Waals surface area contributed by atoms with Crippen molar-refractivity contribution in [2.24, 2.45) is 0 Å². The molecule has 0 spiro atoms. The van der Waals surface area contributed by atoms with Crippen LogP contribution in [0.5, 0.6) is 5.88 Å². The summed E-state index contributed by atoms with van der Waals surface area (Å²) in [6.45, 7) is 2.68. The minimum absolute atomic E-state index is 0.508. The molecule has 3 aromatic heterocycles. The number of rotatable bonds is 5. The average Bonchev–Trinajstić information content (AvgIpc) is 3.31. The lowest BCUT2D eigenvalue weighted by atomic mass is 10.1. The highest BCUT2D eigenvalue weighted by atomic mass is 32.1. The molecular weight excluding hydrogens is 346 g/mol. The molecule has 130 valence electrons. The van der Waals surface area contributed by atoms with Gasteiger partial charge in [0, 0.05) is 35.1 Å². The van der Waals surface area contributed by atoms with Gasteiger partial charge in [0.2, 0.25) is 5.88 Å². The Morgan fingerprint density at radius 1 is 1.12 bits per heavy atom. The van der Waals surface area contributed by atoms with Crippen LogP contribution in [0.25, 0.3) is 22.5 Å². The Bertz CT molecular complexity index is 1040. The van der Waals surface area contributed by atoms with Gasteiger partial charge in [-0.1, -0.05) is 18.2 Å². The monoisotopic (exact) mass is 363 g/mol. The van der Waals surface area contributed by atoms with Crippen LogP contribution in [0.4, 0.5) is 0 Å². The van der Waals surface area contributed by atoms with Crippen molar-refractivity contribution >= 4 is 11.3 Å². The fourth-order valence-electron chi connectivity index (χ4n) is 2.75. The first-order valence-corrected chi connectivity index (χ1v) is 9.01. The molecule has 0 bridgehead atoms. The van der Waals surface area contributed by atoms with Gasteiger partial charge in [0.1, 0.15) is 5.69 Å². The number of aryl methyl sites for hydroxylation is 1. The van der Waals surface area contributed by atoms with Gasteiger partial charge in [-0.2, -0.15) is 5.10 Å². The maximum Gasteiger partial charge on any atom is 0.240 e. The average molecular weight is 363 g/mol. The number of ether oxygens (including phenoxy) is 1. The van der Waals surface area contributed by atoms with Gasteiger partial charge in [0.05, 0.1) is 30.1 Å². The first-order valence-electron chi connectivity index (χ1n) is 8.13. The van der Waals surface area contributed by atoms with Crippen LogP contribution in [0.1, 0.15) is 10.7 Å². The van der Waals surface area contributed by atoms with E-state index in [2.05, 4.69) is 25.4 Å². The summed E-state index contributed by atoms with van der Waals surface area (Å²) in [5.74, 6) is 0.508. The van der Waals surface area contributed by atoms with E-state index in [1.165, 1.54) is 0 Å². The molecule has 0 saturated heterocycles. The summed E-state index contributed by atoms with van der Waals surface area (Å²) in [5.41, 5.74) is 4.61. The van der Waals surface area contributed by atoms with Crippen LogP contribution in [0.15, 0.2) is 54.3 Å². The molecule has 0 radical (unpaired) electrons. The molecule has 0 atom stereocenters. The molecule has 6 nitrogen and oxygen atoms in total. The van der Waals surface area contributed by atoms with Crippen molar-refractivity contribution in [1.82, 2.24) is 24.7 Å². The van der Waals surface area contributed by atoms with Gasteiger partial charge < -0.3 is 4.74 Å². The van der Waals surface area contributed by atoms with Crippen molar-refractivity contribution in [3.8, 4) is 28.4 Å². The molecule has 26 heavy (non-hydrogen) atoms. The highest BCUT2D eigenvalue weighted by Gasteiger charge is 2.11. The van der Waals surface area contributed by atoms with Crippen LogP contribution >= 0.6 is 11.3 Å². The van der Waals surface area contributed by atoms with Crippen LogP contribution in [0.3, 0.4) is 0 Å². The van der Waals surface area contributed by atoms with E-state index in [1.54, 1.807) is 30.8 Å². The molecule has 0 N–H and O–H groups in total. The van der Waals surface area contributed by atoms with Gasteiger partial charge in [0.25, 0.3) is 0 Å². The Kier molecular flexibility index (Phi) is 4.45. The lowest BCUT2D eigenvalue weighted by Crippen LogP contribution is -2.00. The fourth-order valence-corrected chi connectivity index (χ4v) is 3.35. The van der Waals surface area contributed by atoms with Crippen molar-refractivity contribution in [2.45, 2.75) is 13.5 Å². The Labute approximate surface area is 155 Å². The third kappa shape index (κ3) is 3.34. The molecule has 0 saturated carbocycles. The second-order valence-corrected chi connectivity index (χ2v) is 6.81. The number of nitrogens with zero attached hydrogens (tertiary/aromatic N) is 5. The molecule has 0 aliphatic rings. The highest BCUT2D eigenvalue weighted by molar-refractivity contribution is 7.09. The van der Waals surface area contributed by atoms with Crippen molar-refractivity contribution < 1.29 is 4.74 Å². The van der Waals surface area contributed by atoms with Crippen LogP contribution in [0.2, 0.25) is 0 Å². The third-order valence-electron chi connectivity index (χ3n) is 3.92. The number of hydrogen-bond acceptors (Lipinski definition) is 6. The smallest absolute Gasteiger partial charge is 0.240 e. The predicted octanol–water partition coefficient (Wildman–Crippen LogP) is 3.83. The summed E-state index contributed by atoms with van der Waals surface area (Å²) in [6, 6.07) is 10.1. The van der Waals surface area contributed by atoms with Gasteiger partial charge in [0.15, 0.2) is 0 Å². The second-order valence-electron chi connectivity index (χ2n) is 5.75. The zero-order chi connectivity index (χ0) is 17.9. The van der Waals surface area contributed by atoms with E-state index in [4.69, 9.17) is 4.74 Å². The van der Waals surface area contributed by atoms with E-state index in [-0.39, 0.29) is 0 Å². The maximum atomic E-state index is 5.32. The zero-order valence-electron chi connectivity index (χ0n) is 14.5. The van der Waals surface area contributed by atoms with E-state index in [1.807, 2.05) is 48.1 Å². The highest BCUT2D eigenvalue weighted by Crippen LogP contribution is 2.28. The maximum absolute atomic E-state index is 5.32. The number of aromatic nitrogens is 5. The van der Waals surface area contributed by atoms with Crippen molar-refractivity contribution in [2.75, 3.05) is 7.11 Å². The molecule has 1 aromatic carbocycles. The molecule has 4 rings (SSSR count). The number of thiazole rings is 1. The summed E-state index contributed by atoms with van der Waals surface area (Å²) in [7, 11) is 1.60. The molecule has 0 aliphatic carbocycles. The van der Waals surface area contributed by atoms with E-state index >= 15 is 0 Å². The first kappa shape index (κ1) is 16.4. The standard InChI is InChI=1S/C19H17N5OS/c1-13-22-16(12-26-13)11-24-9-6-17(23-24)14-4-3-5-15(10-14)18-19(25-2)21-8-7-20-18/h3-10,12H,11H2,1-2H3. The molecule has 0 unspecified atom stereocenters. The fraction of sp³-hybridized carbons (Fsp3) is 0.158. The molecule has 0 amide bonds. The minimum atomic E-state index is 0.508. The summed E-state index contributed by atoms with van der Waals surface area (Å²) >= 11 is 1.65. The van der Waals surface area contributed by atoms with Crippen LogP contribution in [0, 0.1) is 6.92 Å². The molecule has 7 heteroatoms. The second kappa shape index (κ2) is 7.05. The quantitative estimate of drug-likeness (QED) is 0.539. The number of methoxy groups -OCH3 is 1. The SMILES string of the molecule is COc1nccnc1-c1cccc(-c2ccn(Cc3csc(C)n3)n2)c1. The van der Waals surface area contributed by atoms with E-state index < -0.39 is 0 Å². The Balaban J connectivity index is 1.63. The normalized spacial score (nSPS) is 10.8. The van der Waals surface area contributed by atoms with Crippen molar-refractivity contribution in [3.63, 3.8) is 0 Å². The van der Waals surface area contributed by atoms with E-state index in [0.717, 1.165) is 27.5 Å². The third-order valence-corrected chi connectivity index (χ3v) is 4.74. The molecule has 0 fully saturated rings. The lowest BCUT2D eigenvalue weighted by Gasteiger charge is -2.07. The van der Waals surface area contributed by atoms with Gasteiger partial charge in [-0.05, 0) is 19.1 Å². The van der Waals surface area contributed by atoms with Crippen molar-refractivity contribution in [3.05, 3.63) is 65.0 Å². The van der Waals surface area contributed by atoms with Gasteiger partial charge in [-0.25, -0.2) is 15.0 Å². The number of hydrogen-bond donors (Lipinski definition) is 0. The Hall–Kier alpha value is -3.06. The van der Waals surface area contributed by atoms with Crippen LogP contribution in [-0.4, -0.2) is 31.8 Å². The molecule has 4 aromatic rings. The largest absolute Gasteiger partial charge is 0.479 e. The Morgan fingerprint density at radius 3 is 2.77 bits per heavy atom. The van der Waals surface area contributed by atoms with E-state index in [9.17, 15) is 0 Å². The topological polar surface area (TPSA) is 65.7 Å². The summed E-state index contributed by atoms with van der Waals surface area (Å²) in [4.78, 5) is 13.1. The summed E-state index contributed by atoms with van der Waals surface area (Å²) < 4.78 is 7.22. The van der Waals surface area contributed by atoms with E-state index in [0.29, 0.717) is 18.1 Å². The number of benzene rings is 1. The molecular formula is C19H17N5OS. The Morgan fingerprint density at radius 2 is 1.96 bits per heavy atom.